The highest BCUT2D eigenvalue weighted by atomic mass is 16.2. The molecule has 0 spiro atoms. The molecule has 2 aromatic rings. The first-order chi connectivity index (χ1) is 12.2. The van der Waals surface area contributed by atoms with Crippen molar-refractivity contribution in [2.45, 2.75) is 25.3 Å². The van der Waals surface area contributed by atoms with Gasteiger partial charge in [-0.1, -0.05) is 49.4 Å². The lowest BCUT2D eigenvalue weighted by Crippen LogP contribution is -2.48. The van der Waals surface area contributed by atoms with Crippen molar-refractivity contribution >= 4 is 11.8 Å². The standard InChI is InChI=1S/C21H22N2O2/c1-14(15-7-3-2-4-8-15)19(16-11-12-22-13-16)23-20(24)17-9-5-6-10-18(17)21(23)25/h2-10,14,16,19,22H,11-13H2,1H3. The van der Waals surface area contributed by atoms with Gasteiger partial charge in [0, 0.05) is 12.5 Å². The van der Waals surface area contributed by atoms with E-state index in [1.54, 1.807) is 12.1 Å². The number of hydrogen-bond acceptors (Lipinski definition) is 3. The molecule has 0 aliphatic carbocycles. The molecule has 2 amide bonds. The molecule has 0 bridgehead atoms. The summed E-state index contributed by atoms with van der Waals surface area (Å²) in [5, 5.41) is 3.38. The summed E-state index contributed by atoms with van der Waals surface area (Å²) in [7, 11) is 0. The number of hydrogen-bond donors (Lipinski definition) is 1. The topological polar surface area (TPSA) is 49.4 Å². The molecule has 1 N–H and O–H groups in total. The average molecular weight is 334 g/mol. The molecular formula is C21H22N2O2. The van der Waals surface area contributed by atoms with Crippen LogP contribution in [0.2, 0.25) is 0 Å². The Labute approximate surface area is 147 Å². The SMILES string of the molecule is CC(c1ccccc1)C(C1CCNC1)N1C(=O)c2ccccc2C1=O. The highest BCUT2D eigenvalue weighted by Crippen LogP contribution is 2.36. The van der Waals surface area contributed by atoms with Crippen LogP contribution in [0.25, 0.3) is 0 Å². The largest absolute Gasteiger partial charge is 0.316 e. The van der Waals surface area contributed by atoms with Gasteiger partial charge in [0.15, 0.2) is 0 Å². The van der Waals surface area contributed by atoms with Gasteiger partial charge in [-0.05, 0) is 36.6 Å². The van der Waals surface area contributed by atoms with Gasteiger partial charge in [-0.3, -0.25) is 14.5 Å². The van der Waals surface area contributed by atoms with Crippen LogP contribution < -0.4 is 5.32 Å². The van der Waals surface area contributed by atoms with E-state index in [0.717, 1.165) is 25.1 Å². The Morgan fingerprint density at radius 1 is 0.960 bits per heavy atom. The molecule has 0 saturated carbocycles. The van der Waals surface area contributed by atoms with Gasteiger partial charge in [0.2, 0.25) is 0 Å². The van der Waals surface area contributed by atoms with Crippen molar-refractivity contribution in [2.75, 3.05) is 13.1 Å². The number of amides is 2. The molecule has 2 aliphatic heterocycles. The third-order valence-corrected chi connectivity index (χ3v) is 5.54. The van der Waals surface area contributed by atoms with Crippen LogP contribution >= 0.6 is 0 Å². The predicted octanol–water partition coefficient (Wildman–Crippen LogP) is 3.06. The molecule has 4 heteroatoms. The second-order valence-electron chi connectivity index (χ2n) is 6.97. The molecular weight excluding hydrogens is 312 g/mol. The first-order valence-corrected chi connectivity index (χ1v) is 8.91. The highest BCUT2D eigenvalue weighted by Gasteiger charge is 2.45. The van der Waals surface area contributed by atoms with Crippen LogP contribution in [0.15, 0.2) is 54.6 Å². The van der Waals surface area contributed by atoms with E-state index in [0.29, 0.717) is 11.1 Å². The van der Waals surface area contributed by atoms with E-state index in [1.165, 1.54) is 4.90 Å². The summed E-state index contributed by atoms with van der Waals surface area (Å²) in [5.74, 6) is 0.0614. The Morgan fingerprint density at radius 2 is 1.56 bits per heavy atom. The zero-order chi connectivity index (χ0) is 17.4. The van der Waals surface area contributed by atoms with E-state index in [9.17, 15) is 9.59 Å². The molecule has 3 atom stereocenters. The number of fused-ring (bicyclic) bond motifs is 1. The fraction of sp³-hybridized carbons (Fsp3) is 0.333. The number of benzene rings is 2. The van der Waals surface area contributed by atoms with Gasteiger partial charge in [-0.15, -0.1) is 0 Å². The molecule has 0 aromatic heterocycles. The predicted molar refractivity (Wildman–Crippen MR) is 96.6 cm³/mol. The van der Waals surface area contributed by atoms with Crippen molar-refractivity contribution in [1.29, 1.82) is 0 Å². The second-order valence-corrected chi connectivity index (χ2v) is 6.97. The number of imide groups is 1. The summed E-state index contributed by atoms with van der Waals surface area (Å²) in [6.07, 6.45) is 0.981. The minimum Gasteiger partial charge on any atom is -0.316 e. The van der Waals surface area contributed by atoms with Gasteiger partial charge in [0.25, 0.3) is 11.8 Å². The molecule has 1 fully saturated rings. The van der Waals surface area contributed by atoms with E-state index < -0.39 is 0 Å². The van der Waals surface area contributed by atoms with Crippen LogP contribution in [0.4, 0.5) is 0 Å². The molecule has 0 radical (unpaired) electrons. The maximum Gasteiger partial charge on any atom is 0.261 e. The molecule has 2 aliphatic rings. The van der Waals surface area contributed by atoms with Crippen LogP contribution in [-0.2, 0) is 0 Å². The van der Waals surface area contributed by atoms with Crippen molar-refractivity contribution < 1.29 is 9.59 Å². The van der Waals surface area contributed by atoms with Crippen molar-refractivity contribution in [3.63, 3.8) is 0 Å². The lowest BCUT2D eigenvalue weighted by molar-refractivity contribution is 0.0505. The highest BCUT2D eigenvalue weighted by molar-refractivity contribution is 6.21. The summed E-state index contributed by atoms with van der Waals surface area (Å²) >= 11 is 0. The summed E-state index contributed by atoms with van der Waals surface area (Å²) in [5.41, 5.74) is 2.23. The van der Waals surface area contributed by atoms with E-state index in [1.807, 2.05) is 30.3 Å². The van der Waals surface area contributed by atoms with Crippen molar-refractivity contribution in [1.82, 2.24) is 10.2 Å². The van der Waals surface area contributed by atoms with Gasteiger partial charge in [0.1, 0.15) is 0 Å². The molecule has 2 aromatic carbocycles. The first-order valence-electron chi connectivity index (χ1n) is 8.91. The normalized spacial score (nSPS) is 22.1. The molecule has 128 valence electrons. The Balaban J connectivity index is 1.74. The summed E-state index contributed by atoms with van der Waals surface area (Å²) < 4.78 is 0. The Hall–Kier alpha value is -2.46. The van der Waals surface area contributed by atoms with Crippen molar-refractivity contribution in [2.24, 2.45) is 5.92 Å². The number of carbonyl (C=O) groups is 2. The third-order valence-electron chi connectivity index (χ3n) is 5.54. The van der Waals surface area contributed by atoms with E-state index >= 15 is 0 Å². The van der Waals surface area contributed by atoms with Crippen molar-refractivity contribution in [3.8, 4) is 0 Å². The molecule has 1 saturated heterocycles. The van der Waals surface area contributed by atoms with Crippen LogP contribution in [0.5, 0.6) is 0 Å². The lowest BCUT2D eigenvalue weighted by atomic mass is 9.83. The van der Waals surface area contributed by atoms with Crippen molar-refractivity contribution in [3.05, 3.63) is 71.3 Å². The Bertz CT molecular complexity index is 762. The number of carbonyl (C=O) groups excluding carboxylic acids is 2. The average Bonchev–Trinajstić information content (AvgIpc) is 3.26. The van der Waals surface area contributed by atoms with E-state index in [-0.39, 0.29) is 29.7 Å². The molecule has 4 nitrogen and oxygen atoms in total. The summed E-state index contributed by atoms with van der Waals surface area (Å²) in [6.45, 7) is 3.91. The summed E-state index contributed by atoms with van der Waals surface area (Å²) in [4.78, 5) is 27.6. The van der Waals surface area contributed by atoms with Crippen LogP contribution in [0.1, 0.15) is 45.5 Å². The van der Waals surface area contributed by atoms with Gasteiger partial charge in [-0.2, -0.15) is 0 Å². The maximum atomic E-state index is 13.0. The summed E-state index contributed by atoms with van der Waals surface area (Å²) in [6, 6.07) is 17.2. The molecule has 25 heavy (non-hydrogen) atoms. The maximum absolute atomic E-state index is 13.0. The number of rotatable bonds is 4. The van der Waals surface area contributed by atoms with Gasteiger partial charge < -0.3 is 5.32 Å². The second kappa shape index (κ2) is 6.45. The van der Waals surface area contributed by atoms with Crippen LogP contribution in [0.3, 0.4) is 0 Å². The lowest BCUT2D eigenvalue weighted by Gasteiger charge is -2.35. The number of nitrogens with one attached hydrogen (secondary N) is 1. The molecule has 2 heterocycles. The van der Waals surface area contributed by atoms with Gasteiger partial charge in [0.05, 0.1) is 17.2 Å². The molecule has 3 unspecified atom stereocenters. The Morgan fingerprint density at radius 3 is 2.12 bits per heavy atom. The third kappa shape index (κ3) is 2.67. The van der Waals surface area contributed by atoms with Crippen LogP contribution in [0, 0.1) is 5.92 Å². The van der Waals surface area contributed by atoms with Gasteiger partial charge in [-0.25, -0.2) is 0 Å². The van der Waals surface area contributed by atoms with Crippen LogP contribution in [-0.4, -0.2) is 35.8 Å². The first kappa shape index (κ1) is 16.0. The van der Waals surface area contributed by atoms with Gasteiger partial charge >= 0.3 is 0 Å². The quantitative estimate of drug-likeness (QED) is 0.874. The van der Waals surface area contributed by atoms with E-state index in [2.05, 4.69) is 24.4 Å². The minimum absolute atomic E-state index is 0.0910. The zero-order valence-corrected chi connectivity index (χ0v) is 14.3. The minimum atomic E-state index is -0.153. The fourth-order valence-electron chi connectivity index (χ4n) is 4.24. The monoisotopic (exact) mass is 334 g/mol. The zero-order valence-electron chi connectivity index (χ0n) is 14.3. The fourth-order valence-corrected chi connectivity index (χ4v) is 4.24. The van der Waals surface area contributed by atoms with E-state index in [4.69, 9.17) is 0 Å². The Kier molecular flexibility index (Phi) is 4.14. The smallest absolute Gasteiger partial charge is 0.261 e. The molecule has 4 rings (SSSR count). The number of nitrogens with zero attached hydrogens (tertiary/aromatic N) is 1.